The van der Waals surface area contributed by atoms with Gasteiger partial charge in [0.05, 0.1) is 18.5 Å². The number of H-pyrrole nitrogens is 1. The molecule has 1 saturated heterocycles. The van der Waals surface area contributed by atoms with Crippen LogP contribution in [0, 0.1) is 18.8 Å². The Hall–Kier alpha value is -5.50. The molecular formula is C43H61N9O9S2. The Morgan fingerprint density at radius 1 is 0.921 bits per heavy atom. The second-order valence-electron chi connectivity index (χ2n) is 16.7. The largest absolute Gasteiger partial charge is 0.469 e. The highest BCUT2D eigenvalue weighted by Crippen LogP contribution is 2.23. The molecule has 344 valence electrons. The number of aromatic nitrogens is 2. The number of ether oxygens (including phenoxy) is 1. The first-order valence-corrected chi connectivity index (χ1v) is 22.5. The average Bonchev–Trinajstić information content (AvgIpc) is 4.00. The molecule has 3 aromatic rings. The lowest BCUT2D eigenvalue weighted by atomic mass is 9.99. The minimum Gasteiger partial charge on any atom is -0.469 e. The number of thiol groups is 1. The number of rotatable bonds is 22. The Morgan fingerprint density at radius 3 is 2.27 bits per heavy atom. The molecule has 20 heteroatoms. The molecule has 2 aromatic heterocycles. The van der Waals surface area contributed by atoms with Gasteiger partial charge in [-0.1, -0.05) is 45.9 Å². The van der Waals surface area contributed by atoms with Crippen LogP contribution < -0.4 is 32.3 Å². The molecule has 0 unspecified atom stereocenters. The van der Waals surface area contributed by atoms with Crippen molar-refractivity contribution in [2.45, 2.75) is 128 Å². The van der Waals surface area contributed by atoms with Gasteiger partial charge in [-0.25, -0.2) is 4.98 Å². The second kappa shape index (κ2) is 23.3. The number of aromatic amines is 1. The molecule has 1 fully saturated rings. The number of hydrogen-bond acceptors (Lipinski definition) is 12. The van der Waals surface area contributed by atoms with Crippen LogP contribution in [0.5, 0.6) is 0 Å². The van der Waals surface area contributed by atoms with Gasteiger partial charge in [0.2, 0.25) is 35.4 Å². The number of aryl methyl sites for hydroxylation is 1. The molecule has 1 aromatic carbocycles. The van der Waals surface area contributed by atoms with Crippen molar-refractivity contribution in [3.8, 4) is 0 Å². The molecule has 0 saturated carbocycles. The van der Waals surface area contributed by atoms with E-state index in [2.05, 4.69) is 49.2 Å². The van der Waals surface area contributed by atoms with E-state index in [0.29, 0.717) is 17.8 Å². The summed E-state index contributed by atoms with van der Waals surface area (Å²) in [5.74, 6) is -5.36. The zero-order valence-corrected chi connectivity index (χ0v) is 38.5. The first kappa shape index (κ1) is 50.1. The lowest BCUT2D eigenvalue weighted by Crippen LogP contribution is -2.60. The van der Waals surface area contributed by atoms with Gasteiger partial charge in [-0.05, 0) is 69.4 Å². The summed E-state index contributed by atoms with van der Waals surface area (Å²) in [6, 6.07) is 1.10. The number of primary amides is 1. The van der Waals surface area contributed by atoms with Crippen LogP contribution in [-0.2, 0) is 44.7 Å². The van der Waals surface area contributed by atoms with E-state index in [1.54, 1.807) is 32.3 Å². The lowest BCUT2D eigenvalue weighted by Gasteiger charge is -2.32. The van der Waals surface area contributed by atoms with E-state index in [-0.39, 0.29) is 50.3 Å². The molecule has 4 rings (SSSR count). The first-order chi connectivity index (χ1) is 29.8. The number of nitrogens with zero attached hydrogens (tertiary/aromatic N) is 2. The predicted molar refractivity (Wildman–Crippen MR) is 240 cm³/mol. The minimum atomic E-state index is -1.17. The van der Waals surface area contributed by atoms with Crippen LogP contribution in [0.25, 0.3) is 10.9 Å². The van der Waals surface area contributed by atoms with Gasteiger partial charge in [-0.3, -0.25) is 38.4 Å². The number of para-hydroxylation sites is 1. The smallest absolute Gasteiger partial charge is 0.306 e. The summed E-state index contributed by atoms with van der Waals surface area (Å²) in [7, 11) is 1.25. The zero-order valence-electron chi connectivity index (χ0n) is 36.8. The van der Waals surface area contributed by atoms with Gasteiger partial charge in [-0.2, -0.15) is 12.6 Å². The third-order valence-electron chi connectivity index (χ3n) is 10.8. The van der Waals surface area contributed by atoms with Crippen molar-refractivity contribution in [2.75, 3.05) is 13.7 Å². The van der Waals surface area contributed by atoms with Crippen molar-refractivity contribution >= 4 is 82.2 Å². The summed E-state index contributed by atoms with van der Waals surface area (Å²) >= 11 is 5.69. The Kier molecular flexibility index (Phi) is 18.5. The Balaban J connectivity index is 1.42. The molecule has 0 spiro atoms. The molecule has 1 aliphatic heterocycles. The van der Waals surface area contributed by atoms with E-state index in [0.717, 1.165) is 16.5 Å². The summed E-state index contributed by atoms with van der Waals surface area (Å²) in [5.41, 5.74) is 7.53. The van der Waals surface area contributed by atoms with Gasteiger partial charge >= 0.3 is 5.97 Å². The van der Waals surface area contributed by atoms with Gasteiger partial charge in [0.1, 0.15) is 41.9 Å². The summed E-state index contributed by atoms with van der Waals surface area (Å²) in [5, 5.41) is 16.2. The minimum absolute atomic E-state index is 0.0211. The molecule has 18 nitrogen and oxygen atoms in total. The maximum absolute atomic E-state index is 14.2. The molecule has 7 amide bonds. The van der Waals surface area contributed by atoms with Crippen LogP contribution in [0.2, 0.25) is 0 Å². The quantitative estimate of drug-likeness (QED) is 0.0538. The number of carbonyl (C=O) groups is 8. The second-order valence-corrected chi connectivity index (χ2v) is 18.4. The fourth-order valence-corrected chi connectivity index (χ4v) is 8.26. The third kappa shape index (κ3) is 14.3. The Labute approximate surface area is 376 Å². The average molecular weight is 912 g/mol. The number of hydrogen-bond donors (Lipinski definition) is 8. The van der Waals surface area contributed by atoms with E-state index >= 15 is 0 Å². The van der Waals surface area contributed by atoms with Gasteiger partial charge in [0.15, 0.2) is 0 Å². The SMILES string of the molecule is COC(=O)C[C@@H](S)CC[C@H](NC(=O)c1csc(C)n1)C(=O)N[C@@H](C)C(=O)N[C@H](C(=O)N[C@@H](CC(C)C)C(=O)N1CCC[C@H]1C(=O)N[C@@H](Cc1c[nH]c2ccccc12)C(N)=O)C(C)C. The van der Waals surface area contributed by atoms with Crippen LogP contribution in [0.1, 0.15) is 94.2 Å². The summed E-state index contributed by atoms with van der Waals surface area (Å²) < 4.78 is 4.71. The van der Waals surface area contributed by atoms with E-state index in [1.165, 1.54) is 30.3 Å². The van der Waals surface area contributed by atoms with Gasteiger partial charge in [-0.15, -0.1) is 11.3 Å². The third-order valence-corrected chi connectivity index (χ3v) is 12.0. The molecule has 3 heterocycles. The normalized spacial score (nSPS) is 16.7. The number of benzene rings is 1. The monoisotopic (exact) mass is 911 g/mol. The number of thiazole rings is 1. The van der Waals surface area contributed by atoms with Crippen LogP contribution in [0.3, 0.4) is 0 Å². The zero-order chi connectivity index (χ0) is 46.5. The number of amides is 7. The molecule has 0 radical (unpaired) electrons. The molecule has 8 N–H and O–H groups in total. The highest BCUT2D eigenvalue weighted by atomic mass is 32.1. The van der Waals surface area contributed by atoms with Gasteiger partial charge in [0.25, 0.3) is 5.91 Å². The fraction of sp³-hybridized carbons (Fsp3) is 0.558. The van der Waals surface area contributed by atoms with Crippen LogP contribution in [0.15, 0.2) is 35.8 Å². The molecular weight excluding hydrogens is 851 g/mol. The molecule has 63 heavy (non-hydrogen) atoms. The topological polar surface area (TPSA) is 264 Å². The van der Waals surface area contributed by atoms with E-state index in [4.69, 9.17) is 10.5 Å². The summed E-state index contributed by atoms with van der Waals surface area (Å²) in [6.07, 6.45) is 3.27. The van der Waals surface area contributed by atoms with Crippen LogP contribution >= 0.6 is 24.0 Å². The van der Waals surface area contributed by atoms with Crippen molar-refractivity contribution in [1.82, 2.24) is 41.5 Å². The number of likely N-dealkylation sites (tertiary alicyclic amines) is 1. The molecule has 7 atom stereocenters. The maximum atomic E-state index is 14.2. The Bertz CT molecular complexity index is 2120. The lowest BCUT2D eigenvalue weighted by molar-refractivity contribution is -0.143. The number of methoxy groups -OCH3 is 1. The summed E-state index contributed by atoms with van der Waals surface area (Å²) in [4.78, 5) is 115. The van der Waals surface area contributed by atoms with E-state index < -0.39 is 94.7 Å². The standard InChI is InChI=1S/C43H61N9O9S2/c1-22(2)17-32(43(60)52-16-10-13-34(52)41(58)49-31(37(44)54)18-26-20-45-29-12-9-8-11-28(26)29)50-42(59)36(23(3)4)51-38(55)24(5)46-39(56)30(15-14-27(62)19-35(53)61-7)48-40(57)33-21-63-25(6)47-33/h8-9,11-12,20-24,27,30-32,34,36,45,62H,10,13-19H2,1-7H3,(H2,44,54)(H,46,56)(H,48,57)(H,49,58)(H,50,59)(H,51,55)/t24-,27-,30-,31-,32-,34-,36-/m0/s1. The molecule has 1 aliphatic rings. The fourth-order valence-electron chi connectivity index (χ4n) is 7.37. The van der Waals surface area contributed by atoms with Crippen molar-refractivity contribution in [1.29, 1.82) is 0 Å². The highest BCUT2D eigenvalue weighted by molar-refractivity contribution is 7.81. The van der Waals surface area contributed by atoms with E-state index in [9.17, 15) is 38.4 Å². The summed E-state index contributed by atoms with van der Waals surface area (Å²) in [6.45, 7) is 10.6. The maximum Gasteiger partial charge on any atom is 0.306 e. The van der Waals surface area contributed by atoms with Crippen molar-refractivity contribution in [3.63, 3.8) is 0 Å². The number of fused-ring (bicyclic) bond motifs is 1. The number of nitrogens with two attached hydrogens (primary N) is 1. The van der Waals surface area contributed by atoms with Crippen molar-refractivity contribution < 1.29 is 43.1 Å². The number of nitrogens with one attached hydrogen (secondary N) is 6. The van der Waals surface area contributed by atoms with Crippen molar-refractivity contribution in [2.24, 2.45) is 17.6 Å². The van der Waals surface area contributed by atoms with Crippen LogP contribution in [0.4, 0.5) is 0 Å². The Morgan fingerprint density at radius 2 is 1.63 bits per heavy atom. The number of esters is 1. The van der Waals surface area contributed by atoms with Gasteiger partial charge < -0.3 is 46.9 Å². The first-order valence-electron chi connectivity index (χ1n) is 21.1. The van der Waals surface area contributed by atoms with E-state index in [1.807, 2.05) is 38.1 Å². The van der Waals surface area contributed by atoms with Crippen LogP contribution in [-0.4, -0.2) is 117 Å². The van der Waals surface area contributed by atoms with Gasteiger partial charge in [0, 0.05) is 40.7 Å². The molecule has 0 bridgehead atoms. The molecule has 0 aliphatic carbocycles. The predicted octanol–water partition coefficient (Wildman–Crippen LogP) is 2.05. The highest BCUT2D eigenvalue weighted by Gasteiger charge is 2.40. The number of carbonyl (C=O) groups excluding carboxylic acids is 8. The van der Waals surface area contributed by atoms with Crippen molar-refractivity contribution in [3.05, 3.63) is 52.1 Å².